The highest BCUT2D eigenvalue weighted by molar-refractivity contribution is 7.14. The highest BCUT2D eigenvalue weighted by Crippen LogP contribution is 2.23. The number of ether oxygens (including phenoxy) is 1. The van der Waals surface area contributed by atoms with E-state index in [9.17, 15) is 4.79 Å². The first-order chi connectivity index (χ1) is 13.7. The second kappa shape index (κ2) is 8.10. The fourth-order valence-corrected chi connectivity index (χ4v) is 3.41. The lowest BCUT2D eigenvalue weighted by Gasteiger charge is -2.06. The van der Waals surface area contributed by atoms with Crippen LogP contribution < -0.4 is 15.4 Å². The van der Waals surface area contributed by atoms with E-state index in [1.165, 1.54) is 11.3 Å². The Hall–Kier alpha value is -3.39. The Morgan fingerprint density at radius 1 is 1.11 bits per heavy atom. The number of fused-ring (bicyclic) bond motifs is 1. The Labute approximate surface area is 166 Å². The van der Waals surface area contributed by atoms with Gasteiger partial charge in [-0.1, -0.05) is 30.3 Å². The maximum atomic E-state index is 12.3. The number of rotatable bonds is 7. The molecule has 0 aliphatic carbocycles. The van der Waals surface area contributed by atoms with E-state index in [-0.39, 0.29) is 5.91 Å². The number of imidazole rings is 1. The van der Waals surface area contributed by atoms with Crippen LogP contribution in [0, 0.1) is 0 Å². The van der Waals surface area contributed by atoms with Crippen LogP contribution >= 0.6 is 11.3 Å². The maximum absolute atomic E-state index is 12.3. The number of nitrogens with zero attached hydrogens (tertiary/aromatic N) is 3. The standard InChI is InChI=1S/C20H19N5O2S/c1-25-17-10-6-5-9-15(17)22-19(25)24-20-23-16(13-28-20)18(26)21-11-12-27-14-7-3-2-4-8-14/h2-10,13H,11-12H2,1H3,(H,21,26)(H,22,23,24). The lowest BCUT2D eigenvalue weighted by molar-refractivity contribution is 0.0943. The van der Waals surface area contributed by atoms with Gasteiger partial charge in [0.2, 0.25) is 5.95 Å². The lowest BCUT2D eigenvalue weighted by Crippen LogP contribution is -2.28. The Balaban J connectivity index is 1.33. The average molecular weight is 393 g/mol. The van der Waals surface area contributed by atoms with E-state index in [0.717, 1.165) is 16.8 Å². The second-order valence-electron chi connectivity index (χ2n) is 6.06. The van der Waals surface area contributed by atoms with Gasteiger partial charge in [-0.05, 0) is 24.3 Å². The van der Waals surface area contributed by atoms with E-state index >= 15 is 0 Å². The summed E-state index contributed by atoms with van der Waals surface area (Å²) in [5.41, 5.74) is 2.30. The molecule has 0 bridgehead atoms. The van der Waals surface area contributed by atoms with Crippen molar-refractivity contribution in [1.29, 1.82) is 0 Å². The number of carbonyl (C=O) groups excluding carboxylic acids is 1. The zero-order valence-electron chi connectivity index (χ0n) is 15.3. The van der Waals surface area contributed by atoms with Crippen LogP contribution in [0.4, 0.5) is 11.1 Å². The number of thiazole rings is 1. The Bertz CT molecular complexity index is 1090. The lowest BCUT2D eigenvalue weighted by atomic mass is 10.3. The van der Waals surface area contributed by atoms with E-state index in [0.29, 0.717) is 29.9 Å². The van der Waals surface area contributed by atoms with Crippen LogP contribution in [-0.4, -0.2) is 33.6 Å². The summed E-state index contributed by atoms with van der Waals surface area (Å²) < 4.78 is 7.52. The summed E-state index contributed by atoms with van der Waals surface area (Å²) in [6.45, 7) is 0.795. The third-order valence-corrected chi connectivity index (χ3v) is 4.90. The molecule has 0 radical (unpaired) electrons. The van der Waals surface area contributed by atoms with Crippen LogP contribution in [-0.2, 0) is 7.05 Å². The van der Waals surface area contributed by atoms with Crippen LogP contribution in [0.1, 0.15) is 10.5 Å². The molecule has 2 aromatic heterocycles. The van der Waals surface area contributed by atoms with Gasteiger partial charge in [-0.15, -0.1) is 11.3 Å². The molecule has 0 unspecified atom stereocenters. The molecule has 4 aromatic rings. The normalized spacial score (nSPS) is 10.8. The summed E-state index contributed by atoms with van der Waals surface area (Å²) in [5, 5.41) is 8.33. The van der Waals surface area contributed by atoms with Gasteiger partial charge in [-0.25, -0.2) is 9.97 Å². The molecule has 4 rings (SSSR count). The molecule has 0 fully saturated rings. The quantitative estimate of drug-likeness (QED) is 0.469. The Morgan fingerprint density at radius 2 is 1.89 bits per heavy atom. The van der Waals surface area contributed by atoms with E-state index in [4.69, 9.17) is 4.74 Å². The van der Waals surface area contributed by atoms with Gasteiger partial charge in [0, 0.05) is 12.4 Å². The third-order valence-electron chi connectivity index (χ3n) is 4.14. The summed E-state index contributed by atoms with van der Waals surface area (Å²) in [5.74, 6) is 1.23. The molecule has 0 atom stereocenters. The predicted molar refractivity (Wildman–Crippen MR) is 110 cm³/mol. The van der Waals surface area contributed by atoms with Gasteiger partial charge >= 0.3 is 0 Å². The first-order valence-electron chi connectivity index (χ1n) is 8.81. The van der Waals surface area contributed by atoms with Gasteiger partial charge in [0.25, 0.3) is 5.91 Å². The predicted octanol–water partition coefficient (Wildman–Crippen LogP) is 3.58. The topological polar surface area (TPSA) is 81.1 Å². The largest absolute Gasteiger partial charge is 0.492 e. The first kappa shape index (κ1) is 18.0. The minimum Gasteiger partial charge on any atom is -0.492 e. The summed E-state index contributed by atoms with van der Waals surface area (Å²) >= 11 is 1.36. The van der Waals surface area contributed by atoms with Gasteiger partial charge in [0.15, 0.2) is 5.13 Å². The Kier molecular flexibility index (Phi) is 5.20. The van der Waals surface area contributed by atoms with Gasteiger partial charge in [-0.3, -0.25) is 4.79 Å². The van der Waals surface area contributed by atoms with Crippen LogP contribution in [0.2, 0.25) is 0 Å². The van der Waals surface area contributed by atoms with Crippen molar-refractivity contribution in [3.8, 4) is 5.75 Å². The zero-order chi connectivity index (χ0) is 19.3. The molecule has 0 aliphatic rings. The molecular formula is C20H19N5O2S. The number of aryl methyl sites for hydroxylation is 1. The third kappa shape index (κ3) is 3.96. The zero-order valence-corrected chi connectivity index (χ0v) is 16.1. The highest BCUT2D eigenvalue weighted by atomic mass is 32.1. The number of benzene rings is 2. The molecule has 7 nitrogen and oxygen atoms in total. The molecule has 2 N–H and O–H groups in total. The van der Waals surface area contributed by atoms with Gasteiger partial charge in [0.1, 0.15) is 18.1 Å². The SMILES string of the molecule is Cn1c(Nc2nc(C(=O)NCCOc3ccccc3)cs2)nc2ccccc21. The van der Waals surface area contributed by atoms with Crippen molar-refractivity contribution in [3.63, 3.8) is 0 Å². The molecule has 2 aromatic carbocycles. The summed E-state index contributed by atoms with van der Waals surface area (Å²) in [7, 11) is 1.94. The number of hydrogen-bond acceptors (Lipinski definition) is 6. The molecule has 2 heterocycles. The number of amides is 1. The van der Waals surface area contributed by atoms with Crippen molar-refractivity contribution in [1.82, 2.24) is 19.9 Å². The van der Waals surface area contributed by atoms with Crippen molar-refractivity contribution < 1.29 is 9.53 Å². The van der Waals surface area contributed by atoms with Gasteiger partial charge in [0.05, 0.1) is 17.6 Å². The molecule has 0 saturated carbocycles. The van der Waals surface area contributed by atoms with Gasteiger partial charge < -0.3 is 19.9 Å². The molecule has 142 valence electrons. The minimum absolute atomic E-state index is 0.231. The number of anilines is 2. The molecule has 1 amide bonds. The van der Waals surface area contributed by atoms with Crippen LogP contribution in [0.15, 0.2) is 60.0 Å². The van der Waals surface area contributed by atoms with Gasteiger partial charge in [-0.2, -0.15) is 0 Å². The number of nitrogens with one attached hydrogen (secondary N) is 2. The second-order valence-corrected chi connectivity index (χ2v) is 6.92. The molecule has 0 aliphatic heterocycles. The summed E-state index contributed by atoms with van der Waals surface area (Å²) in [6.07, 6.45) is 0. The monoisotopic (exact) mass is 393 g/mol. The fraction of sp³-hybridized carbons (Fsp3) is 0.150. The molecule has 0 saturated heterocycles. The number of carbonyl (C=O) groups is 1. The summed E-state index contributed by atoms with van der Waals surface area (Å²) in [6, 6.07) is 17.4. The smallest absolute Gasteiger partial charge is 0.270 e. The van der Waals surface area contributed by atoms with E-state index in [1.54, 1.807) is 5.38 Å². The van der Waals surface area contributed by atoms with Crippen molar-refractivity contribution >= 4 is 39.4 Å². The Morgan fingerprint density at radius 3 is 2.71 bits per heavy atom. The number of para-hydroxylation sites is 3. The maximum Gasteiger partial charge on any atom is 0.270 e. The number of hydrogen-bond donors (Lipinski definition) is 2. The molecule has 8 heteroatoms. The highest BCUT2D eigenvalue weighted by Gasteiger charge is 2.13. The van der Waals surface area contributed by atoms with Crippen LogP contribution in [0.3, 0.4) is 0 Å². The summed E-state index contributed by atoms with van der Waals surface area (Å²) in [4.78, 5) is 21.2. The van der Waals surface area contributed by atoms with Crippen LogP contribution in [0.5, 0.6) is 5.75 Å². The van der Waals surface area contributed by atoms with E-state index < -0.39 is 0 Å². The first-order valence-corrected chi connectivity index (χ1v) is 9.69. The van der Waals surface area contributed by atoms with E-state index in [1.807, 2.05) is 66.2 Å². The van der Waals surface area contributed by atoms with Crippen molar-refractivity contribution in [2.45, 2.75) is 0 Å². The van der Waals surface area contributed by atoms with E-state index in [2.05, 4.69) is 20.6 Å². The molecule has 28 heavy (non-hydrogen) atoms. The van der Waals surface area contributed by atoms with Crippen molar-refractivity contribution in [2.24, 2.45) is 7.05 Å². The molecule has 0 spiro atoms. The number of aromatic nitrogens is 3. The van der Waals surface area contributed by atoms with Crippen molar-refractivity contribution in [2.75, 3.05) is 18.5 Å². The average Bonchev–Trinajstić information content (AvgIpc) is 3.32. The van der Waals surface area contributed by atoms with Crippen LogP contribution in [0.25, 0.3) is 11.0 Å². The van der Waals surface area contributed by atoms with Crippen molar-refractivity contribution in [3.05, 3.63) is 65.7 Å². The fourth-order valence-electron chi connectivity index (χ4n) is 2.73. The minimum atomic E-state index is -0.231. The molecular weight excluding hydrogens is 374 g/mol.